The fourth-order valence-corrected chi connectivity index (χ4v) is 3.55. The molecule has 0 spiro atoms. The van der Waals surface area contributed by atoms with Crippen LogP contribution in [0.15, 0.2) is 39.4 Å². The van der Waals surface area contributed by atoms with Crippen molar-refractivity contribution in [2.45, 2.75) is 25.3 Å². The van der Waals surface area contributed by atoms with E-state index in [4.69, 9.17) is 4.42 Å². The minimum Gasteiger partial charge on any atom is -0.444 e. The van der Waals surface area contributed by atoms with Gasteiger partial charge in [-0.05, 0) is 71.1 Å². The van der Waals surface area contributed by atoms with Gasteiger partial charge >= 0.3 is 0 Å². The molecule has 118 valence electrons. The highest BCUT2D eigenvalue weighted by molar-refractivity contribution is 9.10. The molecule has 1 aliphatic rings. The Labute approximate surface area is 140 Å². The summed E-state index contributed by atoms with van der Waals surface area (Å²) in [6, 6.07) is 7.93. The van der Waals surface area contributed by atoms with E-state index in [9.17, 15) is 9.18 Å². The third kappa shape index (κ3) is 2.57. The largest absolute Gasteiger partial charge is 0.444 e. The highest BCUT2D eigenvalue weighted by Crippen LogP contribution is 2.35. The Morgan fingerprint density at radius 2 is 2.22 bits per heavy atom. The van der Waals surface area contributed by atoms with Gasteiger partial charge in [-0.25, -0.2) is 4.39 Å². The van der Waals surface area contributed by atoms with Gasteiger partial charge in [-0.15, -0.1) is 0 Å². The van der Waals surface area contributed by atoms with Gasteiger partial charge < -0.3 is 14.7 Å². The molecule has 2 N–H and O–H groups in total. The van der Waals surface area contributed by atoms with E-state index in [0.29, 0.717) is 4.67 Å². The summed E-state index contributed by atoms with van der Waals surface area (Å²) in [6.07, 6.45) is 2.68. The lowest BCUT2D eigenvalue weighted by Crippen LogP contribution is -2.30. The topological polar surface area (TPSA) is 58.0 Å². The van der Waals surface area contributed by atoms with Crippen molar-refractivity contribution in [1.82, 2.24) is 10.3 Å². The van der Waals surface area contributed by atoms with Crippen molar-refractivity contribution >= 4 is 32.7 Å². The third-order valence-corrected chi connectivity index (χ3v) is 4.70. The number of H-pyrrole nitrogens is 1. The molecule has 4 nitrogen and oxygen atoms in total. The molecule has 0 bridgehead atoms. The molecular weight excluding hydrogens is 363 g/mol. The van der Waals surface area contributed by atoms with E-state index >= 15 is 0 Å². The zero-order chi connectivity index (χ0) is 16.0. The van der Waals surface area contributed by atoms with Gasteiger partial charge in [-0.3, -0.25) is 4.79 Å². The maximum absolute atomic E-state index is 13.5. The first-order valence-corrected chi connectivity index (χ1v) is 8.27. The molecule has 4 rings (SSSR count). The molecule has 1 unspecified atom stereocenters. The average molecular weight is 377 g/mol. The van der Waals surface area contributed by atoms with E-state index in [1.165, 1.54) is 6.07 Å². The number of hydrogen-bond donors (Lipinski definition) is 2. The Balaban J connectivity index is 1.67. The molecule has 1 aromatic carbocycles. The van der Waals surface area contributed by atoms with Gasteiger partial charge in [0.15, 0.2) is 10.4 Å². The summed E-state index contributed by atoms with van der Waals surface area (Å²) in [5.74, 6) is -0.226. The van der Waals surface area contributed by atoms with Crippen molar-refractivity contribution < 1.29 is 13.6 Å². The summed E-state index contributed by atoms with van der Waals surface area (Å²) in [5, 5.41) is 3.90. The zero-order valence-electron chi connectivity index (χ0n) is 12.2. The average Bonchev–Trinajstić information content (AvgIpc) is 3.12. The standard InChI is InChI=1S/C17H14BrFN2O2/c18-15-7-6-14(23-15)17(22)21-13-3-1-2-10-11-8-9(19)4-5-12(11)20-16(10)13/h4-8,13,20H,1-3H2,(H,21,22). The molecule has 0 radical (unpaired) electrons. The first-order chi connectivity index (χ1) is 11.1. The molecule has 1 aliphatic carbocycles. The van der Waals surface area contributed by atoms with Crippen LogP contribution in [0.2, 0.25) is 0 Å². The fourth-order valence-electron chi connectivity index (χ4n) is 3.24. The lowest BCUT2D eigenvalue weighted by atomic mass is 9.91. The Kier molecular flexibility index (Phi) is 3.49. The smallest absolute Gasteiger partial charge is 0.287 e. The number of benzene rings is 1. The lowest BCUT2D eigenvalue weighted by molar-refractivity contribution is 0.0902. The van der Waals surface area contributed by atoms with E-state index in [-0.39, 0.29) is 23.5 Å². The number of carbonyl (C=O) groups is 1. The van der Waals surface area contributed by atoms with E-state index < -0.39 is 0 Å². The Morgan fingerprint density at radius 3 is 3.00 bits per heavy atom. The Morgan fingerprint density at radius 1 is 1.35 bits per heavy atom. The summed E-state index contributed by atoms with van der Waals surface area (Å²) in [4.78, 5) is 15.6. The minimum atomic E-state index is -0.251. The second-order valence-corrected chi connectivity index (χ2v) is 6.51. The van der Waals surface area contributed by atoms with Crippen LogP contribution >= 0.6 is 15.9 Å². The van der Waals surface area contributed by atoms with E-state index in [2.05, 4.69) is 26.2 Å². The highest BCUT2D eigenvalue weighted by Gasteiger charge is 2.26. The predicted molar refractivity (Wildman–Crippen MR) is 87.8 cm³/mol. The minimum absolute atomic E-state index is 0.120. The van der Waals surface area contributed by atoms with Crippen LogP contribution in [0.4, 0.5) is 4.39 Å². The molecule has 2 aromatic heterocycles. The number of nitrogens with one attached hydrogen (secondary N) is 2. The molecule has 1 atom stereocenters. The van der Waals surface area contributed by atoms with Crippen LogP contribution < -0.4 is 5.32 Å². The summed E-state index contributed by atoms with van der Waals surface area (Å²) >= 11 is 3.19. The van der Waals surface area contributed by atoms with Gasteiger partial charge in [0.25, 0.3) is 5.91 Å². The van der Waals surface area contributed by atoms with Gasteiger partial charge in [0.05, 0.1) is 6.04 Å². The lowest BCUT2D eigenvalue weighted by Gasteiger charge is -2.23. The van der Waals surface area contributed by atoms with Gasteiger partial charge in [-0.2, -0.15) is 0 Å². The maximum atomic E-state index is 13.5. The van der Waals surface area contributed by atoms with Gasteiger partial charge in [0.2, 0.25) is 0 Å². The summed E-state index contributed by atoms with van der Waals surface area (Å²) in [7, 11) is 0. The van der Waals surface area contributed by atoms with E-state index in [0.717, 1.165) is 41.4 Å². The Bertz CT molecular complexity index is 899. The second-order valence-electron chi connectivity index (χ2n) is 5.73. The molecule has 0 saturated carbocycles. The number of amides is 1. The van der Waals surface area contributed by atoms with Gasteiger partial charge in [0, 0.05) is 16.6 Å². The molecule has 3 aromatic rings. The van der Waals surface area contributed by atoms with Crippen LogP contribution in [-0.4, -0.2) is 10.9 Å². The second kappa shape index (κ2) is 5.53. The van der Waals surface area contributed by atoms with Crippen molar-refractivity contribution in [3.05, 3.63) is 57.8 Å². The van der Waals surface area contributed by atoms with Crippen LogP contribution in [0.25, 0.3) is 10.9 Å². The number of carbonyl (C=O) groups excluding carboxylic acids is 1. The quantitative estimate of drug-likeness (QED) is 0.692. The van der Waals surface area contributed by atoms with Crippen LogP contribution in [0.5, 0.6) is 0 Å². The zero-order valence-corrected chi connectivity index (χ0v) is 13.7. The third-order valence-electron chi connectivity index (χ3n) is 4.27. The van der Waals surface area contributed by atoms with Gasteiger partial charge in [-0.1, -0.05) is 0 Å². The van der Waals surface area contributed by atoms with Crippen molar-refractivity contribution in [3.63, 3.8) is 0 Å². The van der Waals surface area contributed by atoms with E-state index in [1.807, 2.05) is 0 Å². The van der Waals surface area contributed by atoms with Crippen molar-refractivity contribution in [2.24, 2.45) is 0 Å². The SMILES string of the molecule is O=C(NC1CCCc2c1[nH]c1ccc(F)cc21)c1ccc(Br)o1. The number of halogens is 2. The maximum Gasteiger partial charge on any atom is 0.287 e. The molecule has 0 saturated heterocycles. The first-order valence-electron chi connectivity index (χ1n) is 7.48. The number of rotatable bonds is 2. The van der Waals surface area contributed by atoms with Crippen LogP contribution in [0, 0.1) is 5.82 Å². The predicted octanol–water partition coefficient (Wildman–Crippen LogP) is 4.47. The summed E-state index contributed by atoms with van der Waals surface area (Å²) in [5.41, 5.74) is 2.96. The number of fused-ring (bicyclic) bond motifs is 3. The molecule has 0 aliphatic heterocycles. The van der Waals surface area contributed by atoms with Crippen molar-refractivity contribution in [2.75, 3.05) is 0 Å². The van der Waals surface area contributed by atoms with Crippen LogP contribution in [0.3, 0.4) is 0 Å². The molecule has 1 amide bonds. The first kappa shape index (κ1) is 14.5. The van der Waals surface area contributed by atoms with Crippen molar-refractivity contribution in [3.8, 4) is 0 Å². The number of aryl methyl sites for hydroxylation is 1. The molecule has 6 heteroatoms. The monoisotopic (exact) mass is 376 g/mol. The number of aromatic nitrogens is 1. The van der Waals surface area contributed by atoms with Gasteiger partial charge in [0.1, 0.15) is 5.82 Å². The fraction of sp³-hybridized carbons (Fsp3) is 0.235. The van der Waals surface area contributed by atoms with Crippen LogP contribution in [-0.2, 0) is 6.42 Å². The summed E-state index contributed by atoms with van der Waals surface area (Å²) < 4.78 is 19.3. The van der Waals surface area contributed by atoms with Crippen molar-refractivity contribution in [1.29, 1.82) is 0 Å². The number of hydrogen-bond acceptors (Lipinski definition) is 2. The molecule has 0 fully saturated rings. The Hall–Kier alpha value is -2.08. The van der Waals surface area contributed by atoms with E-state index in [1.54, 1.807) is 24.3 Å². The number of aromatic amines is 1. The molecule has 23 heavy (non-hydrogen) atoms. The number of furan rings is 1. The highest BCUT2D eigenvalue weighted by atomic mass is 79.9. The molecular formula is C17H14BrFN2O2. The molecule has 2 heterocycles. The van der Waals surface area contributed by atoms with Crippen LogP contribution in [0.1, 0.15) is 40.7 Å². The summed E-state index contributed by atoms with van der Waals surface area (Å²) in [6.45, 7) is 0. The normalized spacial score (nSPS) is 17.2.